The zero-order valence-electron chi connectivity index (χ0n) is 7.93. The summed E-state index contributed by atoms with van der Waals surface area (Å²) in [6, 6.07) is 10.8. The fraction of sp³-hybridized carbons (Fsp3) is 0.429. The average Bonchev–Trinajstić information content (AvgIpc) is 2.92. The van der Waals surface area contributed by atoms with Gasteiger partial charge in [-0.3, -0.25) is 0 Å². The topological polar surface area (TPSA) is 0 Å². The van der Waals surface area contributed by atoms with Crippen LogP contribution in [-0.4, -0.2) is 0 Å². The summed E-state index contributed by atoms with van der Waals surface area (Å²) >= 11 is 0. The van der Waals surface area contributed by atoms with Crippen LogP contribution in [0.25, 0.3) is 6.08 Å². The molecule has 0 atom stereocenters. The summed E-state index contributed by atoms with van der Waals surface area (Å²) < 4.78 is 0. The Morgan fingerprint density at radius 2 is 1.36 bits per heavy atom. The van der Waals surface area contributed by atoms with Crippen molar-refractivity contribution in [2.24, 2.45) is 35.5 Å². The molecule has 1 aromatic carbocycles. The standard InChI is InChI=1S/C14H12/c1-2-4-7(5-3-1)6-8-9-11-12(9)14-10(8)13(11)14/h1-6,9-14H. The predicted octanol–water partition coefficient (Wildman–Crippen LogP) is 2.82. The quantitative estimate of drug-likeness (QED) is 0.623. The Labute approximate surface area is 83.6 Å². The molecule has 0 spiro atoms. The molecule has 0 aliphatic heterocycles. The van der Waals surface area contributed by atoms with Gasteiger partial charge in [0.1, 0.15) is 0 Å². The lowest BCUT2D eigenvalue weighted by Crippen LogP contribution is -2.00. The Morgan fingerprint density at radius 1 is 0.786 bits per heavy atom. The second-order valence-corrected chi connectivity index (χ2v) is 5.42. The van der Waals surface area contributed by atoms with E-state index in [0.717, 1.165) is 11.8 Å². The molecule has 0 amide bonds. The molecule has 68 valence electrons. The van der Waals surface area contributed by atoms with Gasteiger partial charge in [-0.05, 0) is 41.1 Å². The van der Waals surface area contributed by atoms with Gasteiger partial charge in [0.15, 0.2) is 0 Å². The van der Waals surface area contributed by atoms with E-state index in [4.69, 9.17) is 0 Å². The van der Waals surface area contributed by atoms with E-state index in [1.807, 2.05) is 5.57 Å². The molecule has 0 heteroatoms. The summed E-state index contributed by atoms with van der Waals surface area (Å²) in [4.78, 5) is 0. The zero-order valence-corrected chi connectivity index (χ0v) is 7.93. The third kappa shape index (κ3) is 0.493. The summed E-state index contributed by atoms with van der Waals surface area (Å²) in [5.74, 6) is 6.77. The van der Waals surface area contributed by atoms with E-state index in [1.165, 1.54) is 29.2 Å². The van der Waals surface area contributed by atoms with Gasteiger partial charge in [0.05, 0.1) is 0 Å². The maximum Gasteiger partial charge on any atom is -0.0128 e. The Balaban J connectivity index is 1.62. The molecule has 0 radical (unpaired) electrons. The first kappa shape index (κ1) is 6.44. The minimum absolute atomic E-state index is 1.05. The molecule has 0 nitrogen and oxygen atoms in total. The minimum atomic E-state index is 1.05. The smallest absolute Gasteiger partial charge is 0.0128 e. The number of rotatable bonds is 1. The van der Waals surface area contributed by atoms with Crippen molar-refractivity contribution >= 4 is 6.08 Å². The fourth-order valence-corrected chi connectivity index (χ4v) is 4.60. The normalized spacial score (nSPS) is 53.6. The lowest BCUT2D eigenvalue weighted by molar-refractivity contribution is 0.434. The number of benzene rings is 1. The molecule has 5 saturated carbocycles. The van der Waals surface area contributed by atoms with Gasteiger partial charge in [0.25, 0.3) is 0 Å². The Hall–Kier alpha value is -1.04. The molecule has 14 heavy (non-hydrogen) atoms. The van der Waals surface area contributed by atoms with Crippen molar-refractivity contribution in [1.29, 1.82) is 0 Å². The molecule has 0 saturated heterocycles. The minimum Gasteiger partial charge on any atom is -0.0622 e. The first-order chi connectivity index (χ1) is 6.97. The van der Waals surface area contributed by atoms with E-state index in [-0.39, 0.29) is 0 Å². The molecule has 5 aliphatic rings. The highest BCUT2D eigenvalue weighted by Gasteiger charge is 2.89. The van der Waals surface area contributed by atoms with Crippen LogP contribution in [0.3, 0.4) is 0 Å². The Bertz CT molecular complexity index is 410. The first-order valence-electron chi connectivity index (χ1n) is 5.73. The van der Waals surface area contributed by atoms with Crippen molar-refractivity contribution in [2.45, 2.75) is 0 Å². The van der Waals surface area contributed by atoms with Gasteiger partial charge >= 0.3 is 0 Å². The van der Waals surface area contributed by atoms with Gasteiger partial charge in [-0.25, -0.2) is 0 Å². The van der Waals surface area contributed by atoms with Crippen LogP contribution in [0.15, 0.2) is 35.9 Å². The van der Waals surface area contributed by atoms with Crippen molar-refractivity contribution in [1.82, 2.24) is 0 Å². The lowest BCUT2D eigenvalue weighted by Gasteiger charge is -2.03. The maximum atomic E-state index is 2.48. The molecule has 0 N–H and O–H groups in total. The molecule has 0 heterocycles. The monoisotopic (exact) mass is 180 g/mol. The van der Waals surface area contributed by atoms with Crippen molar-refractivity contribution in [3.8, 4) is 0 Å². The van der Waals surface area contributed by atoms with Crippen LogP contribution in [0.2, 0.25) is 0 Å². The van der Waals surface area contributed by atoms with Gasteiger partial charge in [0, 0.05) is 0 Å². The fourth-order valence-electron chi connectivity index (χ4n) is 4.60. The van der Waals surface area contributed by atoms with Crippen LogP contribution in [0.5, 0.6) is 0 Å². The van der Waals surface area contributed by atoms with Crippen LogP contribution < -0.4 is 0 Å². The van der Waals surface area contributed by atoms with E-state index in [1.54, 1.807) is 0 Å². The van der Waals surface area contributed by atoms with Gasteiger partial charge in [-0.15, -0.1) is 0 Å². The second-order valence-electron chi connectivity index (χ2n) is 5.42. The maximum absolute atomic E-state index is 2.48. The van der Waals surface area contributed by atoms with Crippen LogP contribution in [-0.2, 0) is 0 Å². The molecule has 2 bridgehead atoms. The molecule has 5 fully saturated rings. The average molecular weight is 180 g/mol. The summed E-state index contributed by atoms with van der Waals surface area (Å²) in [7, 11) is 0. The number of hydrogen-bond donors (Lipinski definition) is 0. The third-order valence-corrected chi connectivity index (χ3v) is 5.06. The van der Waals surface area contributed by atoms with E-state index in [0.29, 0.717) is 0 Å². The molecule has 0 unspecified atom stereocenters. The van der Waals surface area contributed by atoms with Crippen molar-refractivity contribution in [2.75, 3.05) is 0 Å². The van der Waals surface area contributed by atoms with Crippen molar-refractivity contribution in [3.63, 3.8) is 0 Å². The van der Waals surface area contributed by atoms with Gasteiger partial charge in [-0.2, -0.15) is 0 Å². The van der Waals surface area contributed by atoms with E-state index < -0.39 is 0 Å². The first-order valence-corrected chi connectivity index (χ1v) is 5.73. The SMILES string of the molecule is C(=C1C2C3C2C2C1C32)c1ccccc1. The summed E-state index contributed by atoms with van der Waals surface area (Å²) in [6.07, 6.45) is 2.48. The highest BCUT2D eigenvalue weighted by molar-refractivity contribution is 5.64. The second kappa shape index (κ2) is 1.71. The Kier molecular flexibility index (Phi) is 0.789. The molecular formula is C14H12. The van der Waals surface area contributed by atoms with Crippen LogP contribution in [0, 0.1) is 35.5 Å². The number of allylic oxidation sites excluding steroid dienone is 1. The summed E-state index contributed by atoms with van der Waals surface area (Å²) in [5.41, 5.74) is 3.24. The van der Waals surface area contributed by atoms with Crippen molar-refractivity contribution < 1.29 is 0 Å². The van der Waals surface area contributed by atoms with E-state index in [2.05, 4.69) is 36.4 Å². The van der Waals surface area contributed by atoms with Gasteiger partial charge in [0.2, 0.25) is 0 Å². The predicted molar refractivity (Wildman–Crippen MR) is 55.4 cm³/mol. The molecule has 1 aromatic rings. The highest BCUT2D eigenvalue weighted by Crippen LogP contribution is 2.94. The third-order valence-electron chi connectivity index (χ3n) is 5.06. The molecule has 6 rings (SSSR count). The van der Waals surface area contributed by atoms with E-state index >= 15 is 0 Å². The van der Waals surface area contributed by atoms with Crippen LogP contribution in [0.4, 0.5) is 0 Å². The molecule has 5 aliphatic carbocycles. The highest BCUT2D eigenvalue weighted by atomic mass is 14.9. The Morgan fingerprint density at radius 3 is 1.93 bits per heavy atom. The van der Waals surface area contributed by atoms with Gasteiger partial charge < -0.3 is 0 Å². The van der Waals surface area contributed by atoms with Gasteiger partial charge in [-0.1, -0.05) is 42.0 Å². The van der Waals surface area contributed by atoms with E-state index in [9.17, 15) is 0 Å². The van der Waals surface area contributed by atoms with Crippen molar-refractivity contribution in [3.05, 3.63) is 41.5 Å². The zero-order chi connectivity index (χ0) is 8.86. The lowest BCUT2D eigenvalue weighted by atomic mass is 10.0. The molecular weight excluding hydrogens is 168 g/mol. The number of hydrogen-bond acceptors (Lipinski definition) is 0. The van der Waals surface area contributed by atoms with Crippen LogP contribution in [0.1, 0.15) is 5.56 Å². The summed E-state index contributed by atoms with van der Waals surface area (Å²) in [5, 5.41) is 0. The molecule has 0 aromatic heterocycles. The largest absolute Gasteiger partial charge is 0.0622 e. The summed E-state index contributed by atoms with van der Waals surface area (Å²) in [6.45, 7) is 0. The van der Waals surface area contributed by atoms with Crippen LogP contribution >= 0.6 is 0 Å².